The summed E-state index contributed by atoms with van der Waals surface area (Å²) in [7, 11) is 0. The van der Waals surface area contributed by atoms with E-state index in [0.717, 1.165) is 48.9 Å². The van der Waals surface area contributed by atoms with Crippen LogP contribution in [-0.4, -0.2) is 65.8 Å². The van der Waals surface area contributed by atoms with Gasteiger partial charge in [0.05, 0.1) is 0 Å². The third-order valence-corrected chi connectivity index (χ3v) is 6.60. The lowest BCUT2D eigenvalue weighted by Crippen LogP contribution is -2.50. The van der Waals surface area contributed by atoms with Gasteiger partial charge in [-0.05, 0) is 48.4 Å². The van der Waals surface area contributed by atoms with E-state index >= 15 is 0 Å². The van der Waals surface area contributed by atoms with Crippen molar-refractivity contribution in [2.75, 3.05) is 39.3 Å². The van der Waals surface area contributed by atoms with Crippen LogP contribution in [0.5, 0.6) is 0 Å². The lowest BCUT2D eigenvalue weighted by molar-refractivity contribution is -0.132. The van der Waals surface area contributed by atoms with Crippen LogP contribution in [-0.2, 0) is 11.3 Å². The predicted molar refractivity (Wildman–Crippen MR) is 132 cm³/mol. The summed E-state index contributed by atoms with van der Waals surface area (Å²) in [6, 6.07) is 13.8. The summed E-state index contributed by atoms with van der Waals surface area (Å²) < 4.78 is 14.2. The van der Waals surface area contributed by atoms with E-state index in [-0.39, 0.29) is 17.6 Å². The van der Waals surface area contributed by atoms with Crippen molar-refractivity contribution in [3.63, 3.8) is 0 Å². The first kappa shape index (κ1) is 25.4. The Morgan fingerprint density at radius 1 is 0.970 bits per heavy atom. The highest BCUT2D eigenvalue weighted by Crippen LogP contribution is 2.15. The third kappa shape index (κ3) is 7.93. The summed E-state index contributed by atoms with van der Waals surface area (Å²) in [5.41, 5.74) is 1.64. The summed E-state index contributed by atoms with van der Waals surface area (Å²) in [4.78, 5) is 31.7. The Labute approximate surface area is 204 Å². The fraction of sp³-hybridized carbons (Fsp3) is 0.462. The maximum absolute atomic E-state index is 13.3. The molecule has 0 aromatic heterocycles. The molecule has 2 amide bonds. The van der Waals surface area contributed by atoms with Gasteiger partial charge in [0.2, 0.25) is 5.91 Å². The molecule has 1 heterocycles. The largest absolute Gasteiger partial charge is 0.337 e. The quantitative estimate of drug-likeness (QED) is 0.418. The first-order valence-corrected chi connectivity index (χ1v) is 12.5. The standard InChI is InChI=1S/C26H33BrFN3O2/c1-2-3-4-5-25(32)31(20-21-6-12-24(28)13-7-21)19-16-29-14-17-30(18-15-29)26(33)22-8-10-23(27)11-9-22/h6-13H,2-5,14-20H2,1H3. The van der Waals surface area contributed by atoms with Crippen LogP contribution in [0.2, 0.25) is 0 Å². The SMILES string of the molecule is CCCCCC(=O)N(CCN1CCN(C(=O)c2ccc(Br)cc2)CC1)Cc1ccc(F)cc1. The highest BCUT2D eigenvalue weighted by molar-refractivity contribution is 9.10. The van der Waals surface area contributed by atoms with Crippen molar-refractivity contribution < 1.29 is 14.0 Å². The zero-order valence-electron chi connectivity index (χ0n) is 19.3. The number of carbonyl (C=O) groups is 2. The number of nitrogens with zero attached hydrogens (tertiary/aromatic N) is 3. The molecule has 0 bridgehead atoms. The summed E-state index contributed by atoms with van der Waals surface area (Å²) in [5, 5.41) is 0. The van der Waals surface area contributed by atoms with E-state index in [2.05, 4.69) is 27.8 Å². The molecule has 0 spiro atoms. The average Bonchev–Trinajstić information content (AvgIpc) is 2.83. The number of piperazine rings is 1. The van der Waals surface area contributed by atoms with Crippen molar-refractivity contribution in [1.29, 1.82) is 0 Å². The van der Waals surface area contributed by atoms with Crippen LogP contribution in [0.15, 0.2) is 53.0 Å². The molecule has 0 aliphatic carbocycles. The number of rotatable bonds is 10. The fourth-order valence-corrected chi connectivity index (χ4v) is 4.26. The van der Waals surface area contributed by atoms with E-state index in [4.69, 9.17) is 0 Å². The third-order valence-electron chi connectivity index (χ3n) is 6.07. The monoisotopic (exact) mass is 517 g/mol. The van der Waals surface area contributed by atoms with Crippen LogP contribution in [0.25, 0.3) is 0 Å². The number of hydrogen-bond acceptors (Lipinski definition) is 3. The van der Waals surface area contributed by atoms with Crippen LogP contribution in [0.1, 0.15) is 48.5 Å². The van der Waals surface area contributed by atoms with Crippen LogP contribution < -0.4 is 0 Å². The first-order valence-electron chi connectivity index (χ1n) is 11.8. The number of hydrogen-bond donors (Lipinski definition) is 0. The number of benzene rings is 2. The molecule has 0 atom stereocenters. The van der Waals surface area contributed by atoms with Crippen molar-refractivity contribution in [2.45, 2.75) is 39.2 Å². The molecule has 0 N–H and O–H groups in total. The van der Waals surface area contributed by atoms with Crippen molar-refractivity contribution >= 4 is 27.7 Å². The molecule has 1 fully saturated rings. The van der Waals surface area contributed by atoms with Gasteiger partial charge >= 0.3 is 0 Å². The Morgan fingerprint density at radius 3 is 2.27 bits per heavy atom. The molecule has 0 unspecified atom stereocenters. The maximum Gasteiger partial charge on any atom is 0.253 e. The van der Waals surface area contributed by atoms with Crippen LogP contribution in [0.4, 0.5) is 4.39 Å². The predicted octanol–water partition coefficient (Wildman–Crippen LogP) is 4.96. The minimum absolute atomic E-state index is 0.0613. The molecule has 3 rings (SSSR count). The minimum atomic E-state index is -0.268. The molecule has 5 nitrogen and oxygen atoms in total. The molecule has 2 aromatic rings. The second-order valence-electron chi connectivity index (χ2n) is 8.54. The van der Waals surface area contributed by atoms with E-state index in [9.17, 15) is 14.0 Å². The molecular formula is C26H33BrFN3O2. The van der Waals surface area contributed by atoms with Gasteiger partial charge in [-0.15, -0.1) is 0 Å². The minimum Gasteiger partial charge on any atom is -0.337 e. The van der Waals surface area contributed by atoms with E-state index in [1.165, 1.54) is 12.1 Å². The van der Waals surface area contributed by atoms with E-state index in [1.54, 1.807) is 12.1 Å². The topological polar surface area (TPSA) is 43.9 Å². The molecule has 0 saturated carbocycles. The highest BCUT2D eigenvalue weighted by atomic mass is 79.9. The first-order chi connectivity index (χ1) is 16.0. The number of unbranched alkanes of at least 4 members (excludes halogenated alkanes) is 2. The summed E-state index contributed by atoms with van der Waals surface area (Å²) in [5.74, 6) is -0.0573. The van der Waals surface area contributed by atoms with Gasteiger partial charge in [-0.3, -0.25) is 14.5 Å². The van der Waals surface area contributed by atoms with Gasteiger partial charge in [0.1, 0.15) is 5.82 Å². The Morgan fingerprint density at radius 2 is 1.64 bits per heavy atom. The molecule has 33 heavy (non-hydrogen) atoms. The summed E-state index contributed by atoms with van der Waals surface area (Å²) in [6.07, 6.45) is 3.57. The number of amides is 2. The molecule has 1 aliphatic rings. The van der Waals surface area contributed by atoms with Crippen molar-refractivity contribution in [2.24, 2.45) is 0 Å². The number of halogens is 2. The summed E-state index contributed by atoms with van der Waals surface area (Å²) in [6.45, 7) is 6.95. The van der Waals surface area contributed by atoms with Crippen molar-refractivity contribution in [3.05, 3.63) is 69.9 Å². The van der Waals surface area contributed by atoms with Gasteiger partial charge in [-0.1, -0.05) is 47.8 Å². The van der Waals surface area contributed by atoms with Crippen molar-refractivity contribution in [3.8, 4) is 0 Å². The van der Waals surface area contributed by atoms with Gasteiger partial charge in [0.25, 0.3) is 5.91 Å². The maximum atomic E-state index is 13.3. The molecule has 178 valence electrons. The molecule has 2 aromatic carbocycles. The van der Waals surface area contributed by atoms with Gasteiger partial charge in [0.15, 0.2) is 0 Å². The number of carbonyl (C=O) groups excluding carboxylic acids is 2. The Kier molecular flexibility index (Phi) is 9.88. The van der Waals surface area contributed by atoms with Gasteiger partial charge in [-0.2, -0.15) is 0 Å². The van der Waals surface area contributed by atoms with Crippen LogP contribution in [0, 0.1) is 5.82 Å². The van der Waals surface area contributed by atoms with E-state index < -0.39 is 0 Å². The van der Waals surface area contributed by atoms with Crippen LogP contribution in [0.3, 0.4) is 0 Å². The molecule has 1 saturated heterocycles. The lowest BCUT2D eigenvalue weighted by atomic mass is 10.1. The molecule has 1 aliphatic heterocycles. The fourth-order valence-electron chi connectivity index (χ4n) is 4.00. The Bertz CT molecular complexity index is 897. The van der Waals surface area contributed by atoms with Gasteiger partial charge in [-0.25, -0.2) is 4.39 Å². The molecule has 7 heteroatoms. The van der Waals surface area contributed by atoms with Crippen LogP contribution >= 0.6 is 15.9 Å². The molecular weight excluding hydrogens is 485 g/mol. The Balaban J connectivity index is 1.52. The Hall–Kier alpha value is -2.25. The van der Waals surface area contributed by atoms with E-state index in [0.29, 0.717) is 38.2 Å². The highest BCUT2D eigenvalue weighted by Gasteiger charge is 2.23. The summed E-state index contributed by atoms with van der Waals surface area (Å²) >= 11 is 3.40. The second-order valence-corrected chi connectivity index (χ2v) is 9.46. The van der Waals surface area contributed by atoms with Crippen molar-refractivity contribution in [1.82, 2.24) is 14.7 Å². The molecule has 0 radical (unpaired) electrons. The smallest absolute Gasteiger partial charge is 0.253 e. The van der Waals surface area contributed by atoms with Gasteiger partial charge < -0.3 is 9.80 Å². The normalized spacial score (nSPS) is 14.3. The second kappa shape index (κ2) is 12.8. The van der Waals surface area contributed by atoms with Gasteiger partial charge in [0, 0.05) is 62.3 Å². The zero-order valence-corrected chi connectivity index (χ0v) is 20.9. The zero-order chi connectivity index (χ0) is 23.6. The lowest BCUT2D eigenvalue weighted by Gasteiger charge is -2.36. The van der Waals surface area contributed by atoms with E-state index in [1.807, 2.05) is 34.1 Å². The average molecular weight is 518 g/mol.